The van der Waals surface area contributed by atoms with Gasteiger partial charge in [0.15, 0.2) is 0 Å². The molecule has 1 unspecified atom stereocenters. The topological polar surface area (TPSA) is 59.2 Å². The average molecular weight is 422 g/mol. The fraction of sp³-hybridized carbons (Fsp3) is 0.250. The summed E-state index contributed by atoms with van der Waals surface area (Å²) in [7, 11) is 0. The van der Waals surface area contributed by atoms with Crippen LogP contribution in [0.1, 0.15) is 40.7 Å². The van der Waals surface area contributed by atoms with Gasteiger partial charge in [-0.15, -0.1) is 0 Å². The van der Waals surface area contributed by atoms with Crippen molar-refractivity contribution in [2.75, 3.05) is 6.54 Å². The number of halogens is 4. The van der Waals surface area contributed by atoms with E-state index in [1.165, 1.54) is 17.0 Å². The van der Waals surface area contributed by atoms with Crippen molar-refractivity contribution >= 4 is 17.5 Å². The molecule has 0 N–H and O–H groups in total. The molecule has 5 nitrogen and oxygen atoms in total. The van der Waals surface area contributed by atoms with Crippen molar-refractivity contribution < 1.29 is 22.5 Å². The predicted molar refractivity (Wildman–Crippen MR) is 99.2 cm³/mol. The maximum Gasteiger partial charge on any atom is 0.416 e. The van der Waals surface area contributed by atoms with Gasteiger partial charge in [0.2, 0.25) is 11.7 Å². The molecule has 29 heavy (non-hydrogen) atoms. The second kappa shape index (κ2) is 7.51. The lowest BCUT2D eigenvalue weighted by Crippen LogP contribution is -2.31. The predicted octanol–water partition coefficient (Wildman–Crippen LogP) is 5.39. The first-order valence-corrected chi connectivity index (χ1v) is 9.28. The van der Waals surface area contributed by atoms with Crippen LogP contribution < -0.4 is 0 Å². The first kappa shape index (κ1) is 19.4. The number of hydrogen-bond acceptors (Lipinski definition) is 4. The molecule has 1 aliphatic heterocycles. The van der Waals surface area contributed by atoms with Gasteiger partial charge in [0.25, 0.3) is 5.91 Å². The highest BCUT2D eigenvalue weighted by molar-refractivity contribution is 6.30. The van der Waals surface area contributed by atoms with Crippen molar-refractivity contribution in [2.45, 2.75) is 25.1 Å². The molecule has 0 aliphatic carbocycles. The number of benzene rings is 2. The van der Waals surface area contributed by atoms with Crippen LogP contribution in [0.15, 0.2) is 53.1 Å². The number of hydrogen-bond donors (Lipinski definition) is 0. The van der Waals surface area contributed by atoms with E-state index in [0.29, 0.717) is 35.8 Å². The van der Waals surface area contributed by atoms with Gasteiger partial charge >= 0.3 is 6.18 Å². The summed E-state index contributed by atoms with van der Waals surface area (Å²) in [6, 6.07) is 10.8. The molecule has 1 aliphatic rings. The van der Waals surface area contributed by atoms with Gasteiger partial charge in [-0.25, -0.2) is 0 Å². The Bertz CT molecular complexity index is 1030. The molecule has 2 heterocycles. The molecule has 0 bridgehead atoms. The van der Waals surface area contributed by atoms with Gasteiger partial charge in [0, 0.05) is 22.7 Å². The number of likely N-dealkylation sites (tertiary alicyclic amines) is 1. The molecule has 2 aromatic carbocycles. The Morgan fingerprint density at radius 1 is 1.17 bits per heavy atom. The molecule has 0 saturated carbocycles. The van der Waals surface area contributed by atoms with Gasteiger partial charge in [-0.05, 0) is 55.3 Å². The monoisotopic (exact) mass is 421 g/mol. The van der Waals surface area contributed by atoms with Gasteiger partial charge in [-0.1, -0.05) is 22.8 Å². The first-order valence-electron chi connectivity index (χ1n) is 8.91. The summed E-state index contributed by atoms with van der Waals surface area (Å²) < 4.78 is 44.3. The lowest BCUT2D eigenvalue weighted by atomic mass is 10.1. The molecule has 1 amide bonds. The standard InChI is InChI=1S/C20H15ClF3N3O2/c21-15-8-6-12(7-9-15)17-25-18(29-26-17)16-5-2-10-27(16)19(28)13-3-1-4-14(11-13)20(22,23)24/h1,3-4,6-9,11,16H,2,5,10H2. The zero-order valence-electron chi connectivity index (χ0n) is 15.0. The van der Waals surface area contributed by atoms with E-state index in [4.69, 9.17) is 16.1 Å². The molecule has 4 rings (SSSR count). The zero-order chi connectivity index (χ0) is 20.6. The molecule has 0 spiro atoms. The third-order valence-corrected chi connectivity index (χ3v) is 5.03. The van der Waals surface area contributed by atoms with Crippen LogP contribution in [0.3, 0.4) is 0 Å². The highest BCUT2D eigenvalue weighted by atomic mass is 35.5. The Morgan fingerprint density at radius 2 is 1.93 bits per heavy atom. The summed E-state index contributed by atoms with van der Waals surface area (Å²) in [6.07, 6.45) is -3.23. The molecule has 1 atom stereocenters. The minimum absolute atomic E-state index is 0.0239. The summed E-state index contributed by atoms with van der Waals surface area (Å²) in [5.41, 5.74) is -0.177. The molecule has 0 radical (unpaired) electrons. The lowest BCUT2D eigenvalue weighted by Gasteiger charge is -2.22. The van der Waals surface area contributed by atoms with E-state index in [-0.39, 0.29) is 11.5 Å². The van der Waals surface area contributed by atoms with Crippen molar-refractivity contribution in [3.63, 3.8) is 0 Å². The maximum absolute atomic E-state index is 13.0. The molecule has 1 saturated heterocycles. The van der Waals surface area contributed by atoms with E-state index < -0.39 is 23.7 Å². The largest absolute Gasteiger partial charge is 0.416 e. The summed E-state index contributed by atoms with van der Waals surface area (Å²) in [5.74, 6) is 0.118. The van der Waals surface area contributed by atoms with Crippen LogP contribution in [0, 0.1) is 0 Å². The summed E-state index contributed by atoms with van der Waals surface area (Å²) in [4.78, 5) is 18.7. The van der Waals surface area contributed by atoms with E-state index >= 15 is 0 Å². The molecule has 9 heteroatoms. The molecule has 1 fully saturated rings. The SMILES string of the molecule is O=C(c1cccc(C(F)(F)F)c1)N1CCCC1c1nc(-c2ccc(Cl)cc2)no1. The van der Waals surface area contributed by atoms with E-state index in [1.54, 1.807) is 24.3 Å². The van der Waals surface area contributed by atoms with Crippen LogP contribution in [0.25, 0.3) is 11.4 Å². The van der Waals surface area contributed by atoms with Crippen LogP contribution in [0.2, 0.25) is 5.02 Å². The van der Waals surface area contributed by atoms with Gasteiger partial charge in [-0.3, -0.25) is 4.79 Å². The zero-order valence-corrected chi connectivity index (χ0v) is 15.7. The normalized spacial score (nSPS) is 17.0. The average Bonchev–Trinajstić information content (AvgIpc) is 3.37. The number of rotatable bonds is 3. The third-order valence-electron chi connectivity index (χ3n) is 4.78. The van der Waals surface area contributed by atoms with E-state index in [1.807, 2.05) is 0 Å². The van der Waals surface area contributed by atoms with Gasteiger partial charge in [-0.2, -0.15) is 18.2 Å². The van der Waals surface area contributed by atoms with Crippen molar-refractivity contribution in [3.8, 4) is 11.4 Å². The van der Waals surface area contributed by atoms with Crippen molar-refractivity contribution in [3.05, 3.63) is 70.6 Å². The van der Waals surface area contributed by atoms with Gasteiger partial charge in [0.1, 0.15) is 6.04 Å². The highest BCUT2D eigenvalue weighted by Crippen LogP contribution is 2.35. The van der Waals surface area contributed by atoms with Crippen LogP contribution in [-0.2, 0) is 6.18 Å². The minimum Gasteiger partial charge on any atom is -0.337 e. The van der Waals surface area contributed by atoms with Crippen LogP contribution in [0.5, 0.6) is 0 Å². The lowest BCUT2D eigenvalue weighted by molar-refractivity contribution is -0.137. The fourth-order valence-corrected chi connectivity index (χ4v) is 3.47. The Morgan fingerprint density at radius 3 is 2.66 bits per heavy atom. The number of aromatic nitrogens is 2. The second-order valence-electron chi connectivity index (χ2n) is 6.70. The van der Waals surface area contributed by atoms with Crippen LogP contribution in [0.4, 0.5) is 13.2 Å². The van der Waals surface area contributed by atoms with Crippen molar-refractivity contribution in [1.82, 2.24) is 15.0 Å². The van der Waals surface area contributed by atoms with Crippen LogP contribution >= 0.6 is 11.6 Å². The Kier molecular flexibility index (Phi) is 5.04. The Hall–Kier alpha value is -2.87. The molecular weight excluding hydrogens is 407 g/mol. The number of nitrogens with zero attached hydrogens (tertiary/aromatic N) is 3. The van der Waals surface area contributed by atoms with E-state index in [0.717, 1.165) is 12.1 Å². The quantitative estimate of drug-likeness (QED) is 0.569. The number of alkyl halides is 3. The smallest absolute Gasteiger partial charge is 0.337 e. The third kappa shape index (κ3) is 3.98. The highest BCUT2D eigenvalue weighted by Gasteiger charge is 2.36. The molecule has 150 valence electrons. The van der Waals surface area contributed by atoms with Gasteiger partial charge in [0.05, 0.1) is 5.56 Å². The molecule has 3 aromatic rings. The Labute approximate surface area is 169 Å². The van der Waals surface area contributed by atoms with E-state index in [2.05, 4.69) is 10.1 Å². The first-order chi connectivity index (χ1) is 13.8. The van der Waals surface area contributed by atoms with Crippen LogP contribution in [-0.4, -0.2) is 27.5 Å². The van der Waals surface area contributed by atoms with Crippen molar-refractivity contribution in [2.24, 2.45) is 0 Å². The van der Waals surface area contributed by atoms with E-state index in [9.17, 15) is 18.0 Å². The fourth-order valence-electron chi connectivity index (χ4n) is 3.35. The molecular formula is C20H15ClF3N3O2. The van der Waals surface area contributed by atoms with Gasteiger partial charge < -0.3 is 9.42 Å². The number of carbonyl (C=O) groups excluding carboxylic acids is 1. The number of amides is 1. The minimum atomic E-state index is -4.51. The summed E-state index contributed by atoms with van der Waals surface area (Å²) >= 11 is 5.88. The summed E-state index contributed by atoms with van der Waals surface area (Å²) in [6.45, 7) is 0.401. The molecule has 1 aromatic heterocycles. The second-order valence-corrected chi connectivity index (χ2v) is 7.13. The van der Waals surface area contributed by atoms with Crippen molar-refractivity contribution in [1.29, 1.82) is 0 Å². The maximum atomic E-state index is 13.0. The number of carbonyl (C=O) groups is 1. The Balaban J connectivity index is 1.58. The summed E-state index contributed by atoms with van der Waals surface area (Å²) in [5, 5.41) is 4.53.